The summed E-state index contributed by atoms with van der Waals surface area (Å²) in [6.07, 6.45) is 1.22. The van der Waals surface area contributed by atoms with Gasteiger partial charge in [0.05, 0.1) is 17.3 Å². The smallest absolute Gasteiger partial charge is 0.287 e. The Kier molecular flexibility index (Phi) is 5.45. The summed E-state index contributed by atoms with van der Waals surface area (Å²) in [5.41, 5.74) is 0.245. The summed E-state index contributed by atoms with van der Waals surface area (Å²) in [7, 11) is 0. The highest BCUT2D eigenvalue weighted by Gasteiger charge is 2.13. The molecule has 0 spiro atoms. The topological polar surface area (TPSA) is 64.0 Å². The number of carbonyl (C=O) groups is 1. The molecule has 5 nitrogen and oxygen atoms in total. The fourth-order valence-corrected chi connectivity index (χ4v) is 2.31. The van der Waals surface area contributed by atoms with Crippen LogP contribution in [0, 0.1) is 0 Å². The molecule has 0 aliphatic heterocycles. The molecule has 8 heteroatoms. The molecule has 1 N–H and O–H groups in total. The first kappa shape index (κ1) is 16.8. The molecule has 0 fully saturated rings. The molecule has 0 aliphatic carbocycles. The maximum absolute atomic E-state index is 12.0. The van der Waals surface area contributed by atoms with Crippen LogP contribution in [-0.4, -0.2) is 15.7 Å². The first-order valence-electron chi connectivity index (χ1n) is 6.34. The molecule has 22 heavy (non-hydrogen) atoms. The van der Waals surface area contributed by atoms with Gasteiger partial charge in [-0.3, -0.25) is 9.59 Å². The molecule has 0 radical (unpaired) electrons. The van der Waals surface area contributed by atoms with E-state index >= 15 is 0 Å². The van der Waals surface area contributed by atoms with Crippen LogP contribution in [0.2, 0.25) is 15.1 Å². The number of carbonyl (C=O) groups excluding carboxylic acids is 1. The van der Waals surface area contributed by atoms with E-state index in [0.717, 1.165) is 10.2 Å². The predicted octanol–water partition coefficient (Wildman–Crippen LogP) is 3.08. The highest BCUT2D eigenvalue weighted by molar-refractivity contribution is 6.41. The molecule has 1 aromatic heterocycles. The lowest BCUT2D eigenvalue weighted by molar-refractivity contribution is -0.122. The van der Waals surface area contributed by atoms with Crippen molar-refractivity contribution in [2.45, 2.75) is 19.5 Å². The molecule has 0 aliphatic rings. The maximum Gasteiger partial charge on any atom is 0.287 e. The van der Waals surface area contributed by atoms with Crippen LogP contribution in [-0.2, 0) is 11.3 Å². The second-order valence-electron chi connectivity index (χ2n) is 4.61. The van der Waals surface area contributed by atoms with Crippen LogP contribution in [0.15, 0.2) is 35.3 Å². The van der Waals surface area contributed by atoms with Crippen molar-refractivity contribution in [3.05, 3.63) is 61.4 Å². The molecule has 1 aromatic carbocycles. The van der Waals surface area contributed by atoms with E-state index in [1.807, 2.05) is 13.0 Å². The van der Waals surface area contributed by atoms with Crippen LogP contribution in [0.25, 0.3) is 0 Å². The van der Waals surface area contributed by atoms with Gasteiger partial charge in [0, 0.05) is 5.02 Å². The quantitative estimate of drug-likeness (QED) is 0.911. The SMILES string of the molecule is C[C@H](NC(=O)Cn1ncc(Cl)c(Cl)c1=O)c1cccc(Cl)c1. The van der Waals surface area contributed by atoms with Gasteiger partial charge in [-0.15, -0.1) is 0 Å². The molecule has 0 bridgehead atoms. The van der Waals surface area contributed by atoms with Crippen molar-refractivity contribution in [1.29, 1.82) is 0 Å². The first-order chi connectivity index (χ1) is 10.4. The van der Waals surface area contributed by atoms with Crippen LogP contribution >= 0.6 is 34.8 Å². The number of amides is 1. The van der Waals surface area contributed by atoms with Gasteiger partial charge in [-0.1, -0.05) is 46.9 Å². The zero-order chi connectivity index (χ0) is 16.3. The Hall–Kier alpha value is -1.56. The molecule has 1 atom stereocenters. The van der Waals surface area contributed by atoms with Gasteiger partial charge in [-0.2, -0.15) is 5.10 Å². The van der Waals surface area contributed by atoms with Crippen molar-refractivity contribution in [3.63, 3.8) is 0 Å². The first-order valence-corrected chi connectivity index (χ1v) is 7.48. The average molecular weight is 361 g/mol. The fraction of sp³-hybridized carbons (Fsp3) is 0.214. The van der Waals surface area contributed by atoms with E-state index < -0.39 is 5.56 Å². The average Bonchev–Trinajstić information content (AvgIpc) is 2.48. The minimum absolute atomic E-state index is 0.0515. The third-order valence-electron chi connectivity index (χ3n) is 2.96. The molecule has 116 valence electrons. The molecule has 2 rings (SSSR count). The van der Waals surface area contributed by atoms with Gasteiger partial charge in [-0.25, -0.2) is 4.68 Å². The van der Waals surface area contributed by atoms with Crippen molar-refractivity contribution >= 4 is 40.7 Å². The lowest BCUT2D eigenvalue weighted by atomic mass is 10.1. The molecule has 0 saturated heterocycles. The summed E-state index contributed by atoms with van der Waals surface area (Å²) < 4.78 is 0.953. The third kappa shape index (κ3) is 4.00. The van der Waals surface area contributed by atoms with Crippen molar-refractivity contribution in [2.75, 3.05) is 0 Å². The van der Waals surface area contributed by atoms with E-state index in [1.165, 1.54) is 6.20 Å². The largest absolute Gasteiger partial charge is 0.348 e. The number of aromatic nitrogens is 2. The molecular weight excluding hydrogens is 349 g/mol. The van der Waals surface area contributed by atoms with Crippen molar-refractivity contribution in [1.82, 2.24) is 15.1 Å². The van der Waals surface area contributed by atoms with Crippen LogP contribution in [0.5, 0.6) is 0 Å². The summed E-state index contributed by atoms with van der Waals surface area (Å²) in [5.74, 6) is -0.375. The summed E-state index contributed by atoms with van der Waals surface area (Å²) in [5, 5.41) is 7.01. The van der Waals surface area contributed by atoms with Crippen LogP contribution in [0.1, 0.15) is 18.5 Å². The maximum atomic E-state index is 12.0. The van der Waals surface area contributed by atoms with Crippen LogP contribution < -0.4 is 10.9 Å². The van der Waals surface area contributed by atoms with E-state index in [1.54, 1.807) is 18.2 Å². The minimum atomic E-state index is -0.611. The number of nitrogens with zero attached hydrogens (tertiary/aromatic N) is 2. The van der Waals surface area contributed by atoms with Crippen molar-refractivity contribution < 1.29 is 4.79 Å². The zero-order valence-corrected chi connectivity index (χ0v) is 13.8. The Morgan fingerprint density at radius 2 is 2.09 bits per heavy atom. The van der Waals surface area contributed by atoms with E-state index in [-0.39, 0.29) is 28.5 Å². The number of benzene rings is 1. The predicted molar refractivity (Wildman–Crippen MR) is 86.5 cm³/mol. The van der Waals surface area contributed by atoms with E-state index in [9.17, 15) is 9.59 Å². The fourth-order valence-electron chi connectivity index (χ4n) is 1.84. The summed E-state index contributed by atoms with van der Waals surface area (Å²) in [4.78, 5) is 23.8. The monoisotopic (exact) mass is 359 g/mol. The van der Waals surface area contributed by atoms with Gasteiger partial charge in [0.2, 0.25) is 5.91 Å². The van der Waals surface area contributed by atoms with Crippen molar-refractivity contribution in [2.24, 2.45) is 0 Å². The van der Waals surface area contributed by atoms with E-state index in [4.69, 9.17) is 34.8 Å². The zero-order valence-electron chi connectivity index (χ0n) is 11.5. The number of hydrogen-bond acceptors (Lipinski definition) is 3. The number of nitrogens with one attached hydrogen (secondary N) is 1. The van der Waals surface area contributed by atoms with E-state index in [0.29, 0.717) is 5.02 Å². The summed E-state index contributed by atoms with van der Waals surface area (Å²) >= 11 is 17.3. The van der Waals surface area contributed by atoms with E-state index in [2.05, 4.69) is 10.4 Å². The molecule has 0 saturated carbocycles. The van der Waals surface area contributed by atoms with Gasteiger partial charge in [-0.05, 0) is 24.6 Å². The van der Waals surface area contributed by atoms with Gasteiger partial charge in [0.15, 0.2) is 0 Å². The Labute approximate surface area is 141 Å². The molecule has 0 unspecified atom stereocenters. The second-order valence-corrected chi connectivity index (χ2v) is 5.84. The van der Waals surface area contributed by atoms with Gasteiger partial charge in [0.25, 0.3) is 5.56 Å². The second kappa shape index (κ2) is 7.13. The lowest BCUT2D eigenvalue weighted by Gasteiger charge is -2.15. The Morgan fingerprint density at radius 1 is 1.36 bits per heavy atom. The van der Waals surface area contributed by atoms with Crippen molar-refractivity contribution in [3.8, 4) is 0 Å². The molecule has 1 heterocycles. The highest BCUT2D eigenvalue weighted by Crippen LogP contribution is 2.17. The molecule has 2 aromatic rings. The highest BCUT2D eigenvalue weighted by atomic mass is 35.5. The number of rotatable bonds is 4. The third-order valence-corrected chi connectivity index (χ3v) is 3.95. The normalized spacial score (nSPS) is 12.0. The minimum Gasteiger partial charge on any atom is -0.348 e. The standard InChI is InChI=1S/C14H12Cl3N3O2/c1-8(9-3-2-4-10(15)5-9)19-12(21)7-20-14(22)13(17)11(16)6-18-20/h2-6,8H,7H2,1H3,(H,19,21)/t8-/m0/s1. The van der Waals surface area contributed by atoms with Gasteiger partial charge >= 0.3 is 0 Å². The number of halogens is 3. The lowest BCUT2D eigenvalue weighted by Crippen LogP contribution is -2.35. The molecule has 1 amide bonds. The van der Waals surface area contributed by atoms with Crippen LogP contribution in [0.3, 0.4) is 0 Å². The Balaban J connectivity index is 2.07. The summed E-state index contributed by atoms with van der Waals surface area (Å²) in [6.45, 7) is 1.56. The number of hydrogen-bond donors (Lipinski definition) is 1. The van der Waals surface area contributed by atoms with Gasteiger partial charge < -0.3 is 5.32 Å². The molecular formula is C14H12Cl3N3O2. The van der Waals surface area contributed by atoms with Gasteiger partial charge in [0.1, 0.15) is 11.6 Å². The van der Waals surface area contributed by atoms with Crippen LogP contribution in [0.4, 0.5) is 0 Å². The summed E-state index contributed by atoms with van der Waals surface area (Å²) in [6, 6.07) is 6.89. The Morgan fingerprint density at radius 3 is 2.77 bits per heavy atom. The Bertz CT molecular complexity index is 761.